The SMILES string of the molecule is O=c1[nH]c(NCCCNCc2cc(Br)cc(Br)c2)nc2ncncc12. The summed E-state index contributed by atoms with van der Waals surface area (Å²) in [5.41, 5.74) is 1.35. The van der Waals surface area contributed by atoms with Gasteiger partial charge in [0.25, 0.3) is 5.56 Å². The van der Waals surface area contributed by atoms with Gasteiger partial charge in [0, 0.05) is 28.2 Å². The van der Waals surface area contributed by atoms with E-state index >= 15 is 0 Å². The average molecular weight is 468 g/mol. The molecule has 0 aliphatic heterocycles. The van der Waals surface area contributed by atoms with Crippen molar-refractivity contribution in [2.75, 3.05) is 18.4 Å². The summed E-state index contributed by atoms with van der Waals surface area (Å²) in [7, 11) is 0. The second-order valence-corrected chi connectivity index (χ2v) is 7.24. The number of benzene rings is 1. The highest BCUT2D eigenvalue weighted by atomic mass is 79.9. The van der Waals surface area contributed by atoms with Crippen LogP contribution in [0.25, 0.3) is 11.0 Å². The average Bonchev–Trinajstić information content (AvgIpc) is 2.57. The normalized spacial score (nSPS) is 11.0. The Balaban J connectivity index is 1.45. The lowest BCUT2D eigenvalue weighted by molar-refractivity contribution is 0.662. The minimum absolute atomic E-state index is 0.244. The molecule has 0 radical (unpaired) electrons. The molecule has 3 rings (SSSR count). The van der Waals surface area contributed by atoms with E-state index in [1.54, 1.807) is 0 Å². The maximum Gasteiger partial charge on any atom is 0.263 e. The first-order valence-corrected chi connectivity index (χ1v) is 9.30. The molecule has 0 saturated carbocycles. The highest BCUT2D eigenvalue weighted by Gasteiger charge is 2.04. The van der Waals surface area contributed by atoms with E-state index in [4.69, 9.17) is 0 Å². The lowest BCUT2D eigenvalue weighted by atomic mass is 10.2. The monoisotopic (exact) mass is 466 g/mol. The molecule has 0 saturated heterocycles. The number of halogens is 2. The summed E-state index contributed by atoms with van der Waals surface area (Å²) in [6.45, 7) is 2.33. The summed E-state index contributed by atoms with van der Waals surface area (Å²) >= 11 is 6.97. The molecule has 2 aromatic heterocycles. The van der Waals surface area contributed by atoms with Gasteiger partial charge >= 0.3 is 0 Å². The van der Waals surface area contributed by atoms with Crippen LogP contribution in [0.15, 0.2) is 44.5 Å². The van der Waals surface area contributed by atoms with Crippen LogP contribution >= 0.6 is 31.9 Å². The molecule has 7 nitrogen and oxygen atoms in total. The van der Waals surface area contributed by atoms with E-state index in [-0.39, 0.29) is 5.56 Å². The molecule has 9 heteroatoms. The number of H-pyrrole nitrogens is 1. The van der Waals surface area contributed by atoms with Gasteiger partial charge in [-0.2, -0.15) is 4.98 Å². The second-order valence-electron chi connectivity index (χ2n) is 5.41. The van der Waals surface area contributed by atoms with Crippen LogP contribution in [-0.2, 0) is 6.54 Å². The molecule has 2 heterocycles. The molecule has 0 amide bonds. The van der Waals surface area contributed by atoms with E-state index in [0.29, 0.717) is 23.5 Å². The van der Waals surface area contributed by atoms with Crippen molar-refractivity contribution in [3.63, 3.8) is 0 Å². The quantitative estimate of drug-likeness (QED) is 0.462. The molecular weight excluding hydrogens is 452 g/mol. The largest absolute Gasteiger partial charge is 0.356 e. The fourth-order valence-electron chi connectivity index (χ4n) is 2.33. The van der Waals surface area contributed by atoms with Crippen molar-refractivity contribution >= 4 is 48.8 Å². The number of anilines is 1. The zero-order valence-corrected chi connectivity index (χ0v) is 16.4. The Hall–Kier alpha value is -1.84. The minimum atomic E-state index is -0.244. The van der Waals surface area contributed by atoms with Gasteiger partial charge in [0.05, 0.1) is 0 Å². The molecule has 0 fully saturated rings. The molecule has 0 unspecified atom stereocenters. The first kappa shape index (κ1) is 18.0. The predicted octanol–water partition coefficient (Wildman–Crippen LogP) is 2.83. The van der Waals surface area contributed by atoms with Gasteiger partial charge in [-0.05, 0) is 36.7 Å². The van der Waals surface area contributed by atoms with Crippen molar-refractivity contribution in [2.45, 2.75) is 13.0 Å². The Morgan fingerprint density at radius 1 is 1.12 bits per heavy atom. The van der Waals surface area contributed by atoms with Gasteiger partial charge in [0.2, 0.25) is 5.95 Å². The summed E-state index contributed by atoms with van der Waals surface area (Å²) in [4.78, 5) is 26.7. The van der Waals surface area contributed by atoms with E-state index in [9.17, 15) is 4.79 Å². The van der Waals surface area contributed by atoms with Gasteiger partial charge in [-0.1, -0.05) is 31.9 Å². The van der Waals surface area contributed by atoms with E-state index < -0.39 is 0 Å². The molecule has 0 aliphatic carbocycles. The summed E-state index contributed by atoms with van der Waals surface area (Å²) < 4.78 is 2.10. The number of hydrogen-bond donors (Lipinski definition) is 3. The van der Waals surface area contributed by atoms with Gasteiger partial charge < -0.3 is 10.6 Å². The van der Waals surface area contributed by atoms with E-state index in [1.807, 2.05) is 6.07 Å². The van der Waals surface area contributed by atoms with Crippen molar-refractivity contribution in [1.29, 1.82) is 0 Å². The van der Waals surface area contributed by atoms with Crippen LogP contribution in [0.5, 0.6) is 0 Å². The van der Waals surface area contributed by atoms with E-state index in [0.717, 1.165) is 28.5 Å². The Morgan fingerprint density at radius 3 is 2.72 bits per heavy atom. The number of aromatic amines is 1. The van der Waals surface area contributed by atoms with Gasteiger partial charge in [-0.15, -0.1) is 0 Å². The number of aromatic nitrogens is 4. The molecule has 3 N–H and O–H groups in total. The molecule has 130 valence electrons. The number of hydrogen-bond acceptors (Lipinski definition) is 6. The van der Waals surface area contributed by atoms with Crippen LogP contribution in [0.2, 0.25) is 0 Å². The van der Waals surface area contributed by atoms with Gasteiger partial charge in [-0.3, -0.25) is 9.78 Å². The third kappa shape index (κ3) is 5.07. The third-order valence-electron chi connectivity index (χ3n) is 3.46. The minimum Gasteiger partial charge on any atom is -0.356 e. The Kier molecular flexibility index (Phi) is 6.11. The topological polar surface area (TPSA) is 95.6 Å². The van der Waals surface area contributed by atoms with Crippen LogP contribution in [0.4, 0.5) is 5.95 Å². The van der Waals surface area contributed by atoms with Crippen molar-refractivity contribution in [3.8, 4) is 0 Å². The van der Waals surface area contributed by atoms with Crippen LogP contribution in [0, 0.1) is 0 Å². The first-order valence-electron chi connectivity index (χ1n) is 7.71. The lowest BCUT2D eigenvalue weighted by Crippen LogP contribution is -2.19. The van der Waals surface area contributed by atoms with Crippen LogP contribution in [-0.4, -0.2) is 33.0 Å². The summed E-state index contributed by atoms with van der Waals surface area (Å²) in [6.07, 6.45) is 3.73. The van der Waals surface area contributed by atoms with E-state index in [2.05, 4.69) is 74.6 Å². The van der Waals surface area contributed by atoms with Crippen molar-refractivity contribution in [3.05, 3.63) is 55.6 Å². The fourth-order valence-corrected chi connectivity index (χ4v) is 3.72. The molecule has 25 heavy (non-hydrogen) atoms. The molecule has 0 bridgehead atoms. The molecular formula is C16H16Br2N6O. The van der Waals surface area contributed by atoms with Crippen LogP contribution in [0.1, 0.15) is 12.0 Å². The van der Waals surface area contributed by atoms with Gasteiger partial charge in [0.1, 0.15) is 11.7 Å². The van der Waals surface area contributed by atoms with Crippen molar-refractivity contribution < 1.29 is 0 Å². The molecule has 1 aromatic carbocycles. The molecule has 0 atom stereocenters. The lowest BCUT2D eigenvalue weighted by Gasteiger charge is -2.08. The maximum atomic E-state index is 11.9. The third-order valence-corrected chi connectivity index (χ3v) is 4.38. The van der Waals surface area contributed by atoms with Gasteiger partial charge in [-0.25, -0.2) is 9.97 Å². The van der Waals surface area contributed by atoms with E-state index in [1.165, 1.54) is 18.1 Å². The van der Waals surface area contributed by atoms with Crippen molar-refractivity contribution in [2.24, 2.45) is 0 Å². The Labute approximate surface area is 161 Å². The fraction of sp³-hybridized carbons (Fsp3) is 0.250. The highest BCUT2D eigenvalue weighted by molar-refractivity contribution is 9.11. The number of rotatable bonds is 7. The standard InChI is InChI=1S/C16H16Br2N6O/c17-11-4-10(5-12(18)6-11)7-19-2-1-3-21-16-23-14-13(15(25)24-16)8-20-9-22-14/h4-6,8-9,19H,1-3,7H2,(H2,20,21,22,23,24,25). The molecule has 0 aliphatic rings. The number of nitrogens with zero attached hydrogens (tertiary/aromatic N) is 3. The zero-order chi connectivity index (χ0) is 17.6. The summed E-state index contributed by atoms with van der Waals surface area (Å²) in [5, 5.41) is 6.89. The first-order chi connectivity index (χ1) is 12.1. The smallest absolute Gasteiger partial charge is 0.263 e. The number of fused-ring (bicyclic) bond motifs is 1. The second kappa shape index (κ2) is 8.50. The van der Waals surface area contributed by atoms with Gasteiger partial charge in [0.15, 0.2) is 5.65 Å². The summed E-state index contributed by atoms with van der Waals surface area (Å²) in [6, 6.07) is 6.18. The Bertz CT molecular complexity index is 910. The highest BCUT2D eigenvalue weighted by Crippen LogP contribution is 2.19. The maximum absolute atomic E-state index is 11.9. The Morgan fingerprint density at radius 2 is 1.92 bits per heavy atom. The predicted molar refractivity (Wildman–Crippen MR) is 105 cm³/mol. The molecule has 0 spiro atoms. The zero-order valence-electron chi connectivity index (χ0n) is 13.2. The summed E-state index contributed by atoms with van der Waals surface area (Å²) in [5.74, 6) is 0.423. The van der Waals surface area contributed by atoms with Crippen molar-refractivity contribution in [1.82, 2.24) is 25.3 Å². The molecule has 3 aromatic rings. The van der Waals surface area contributed by atoms with Crippen LogP contribution in [0.3, 0.4) is 0 Å². The number of nitrogens with one attached hydrogen (secondary N) is 3. The van der Waals surface area contributed by atoms with Crippen LogP contribution < -0.4 is 16.2 Å².